The summed E-state index contributed by atoms with van der Waals surface area (Å²) in [6.45, 7) is 2.64. The van der Waals surface area contributed by atoms with Crippen molar-refractivity contribution in [3.63, 3.8) is 0 Å². The van der Waals surface area contributed by atoms with Crippen LogP contribution in [-0.4, -0.2) is 61.6 Å². The smallest absolute Gasteiger partial charge is 0.254 e. The Morgan fingerprint density at radius 1 is 1.00 bits per heavy atom. The third kappa shape index (κ3) is 4.14. The molecule has 1 unspecified atom stereocenters. The van der Waals surface area contributed by atoms with E-state index in [1.165, 1.54) is 18.4 Å². The van der Waals surface area contributed by atoms with E-state index in [-0.39, 0.29) is 11.9 Å². The molecule has 2 aromatic rings. The molecule has 1 aliphatic heterocycles. The minimum atomic E-state index is 0.0496. The Morgan fingerprint density at radius 3 is 2.29 bits per heavy atom. The number of hydrogen-bond acceptors (Lipinski definition) is 4. The van der Waals surface area contributed by atoms with Crippen molar-refractivity contribution in [2.24, 2.45) is 0 Å². The van der Waals surface area contributed by atoms with Crippen LogP contribution in [0.15, 0.2) is 48.5 Å². The molecule has 28 heavy (non-hydrogen) atoms. The van der Waals surface area contributed by atoms with Gasteiger partial charge in [-0.05, 0) is 37.0 Å². The van der Waals surface area contributed by atoms with Gasteiger partial charge in [0, 0.05) is 43.3 Å². The molecule has 2 aromatic carbocycles. The van der Waals surface area contributed by atoms with Crippen LogP contribution in [0.5, 0.6) is 11.5 Å². The Bertz CT molecular complexity index is 798. The van der Waals surface area contributed by atoms with Crippen LogP contribution in [0.25, 0.3) is 0 Å². The summed E-state index contributed by atoms with van der Waals surface area (Å²) in [6, 6.07) is 16.7. The van der Waals surface area contributed by atoms with Gasteiger partial charge in [-0.3, -0.25) is 9.69 Å². The highest BCUT2D eigenvalue weighted by Crippen LogP contribution is 2.31. The van der Waals surface area contributed by atoms with Gasteiger partial charge in [-0.25, -0.2) is 0 Å². The van der Waals surface area contributed by atoms with Crippen LogP contribution >= 0.6 is 0 Å². The van der Waals surface area contributed by atoms with Gasteiger partial charge < -0.3 is 14.4 Å². The van der Waals surface area contributed by atoms with Crippen molar-refractivity contribution in [2.75, 3.05) is 33.9 Å². The summed E-state index contributed by atoms with van der Waals surface area (Å²) in [5.41, 5.74) is 1.89. The molecule has 0 aromatic heterocycles. The van der Waals surface area contributed by atoms with E-state index < -0.39 is 0 Å². The number of carbonyl (C=O) groups is 1. The van der Waals surface area contributed by atoms with E-state index in [0.717, 1.165) is 26.1 Å². The number of ether oxygens (including phenoxy) is 2. The van der Waals surface area contributed by atoms with E-state index in [1.54, 1.807) is 32.4 Å². The minimum absolute atomic E-state index is 0.0496. The van der Waals surface area contributed by atoms with Gasteiger partial charge in [0.1, 0.15) is 11.5 Å². The van der Waals surface area contributed by atoms with Crippen LogP contribution in [-0.2, 0) is 6.42 Å². The van der Waals surface area contributed by atoms with E-state index in [4.69, 9.17) is 9.47 Å². The molecule has 148 valence electrons. The minimum Gasteiger partial charge on any atom is -0.497 e. The molecule has 0 spiro atoms. The Hall–Kier alpha value is -2.53. The van der Waals surface area contributed by atoms with Crippen molar-refractivity contribution in [2.45, 2.75) is 31.3 Å². The van der Waals surface area contributed by atoms with Crippen molar-refractivity contribution in [1.82, 2.24) is 9.80 Å². The van der Waals surface area contributed by atoms with Crippen molar-refractivity contribution in [3.05, 3.63) is 59.7 Å². The molecule has 4 rings (SSSR count). The number of benzene rings is 2. The predicted octanol–water partition coefficient (Wildman–Crippen LogP) is 3.24. The van der Waals surface area contributed by atoms with Gasteiger partial charge in [0.2, 0.25) is 0 Å². The van der Waals surface area contributed by atoms with Gasteiger partial charge in [0.15, 0.2) is 0 Å². The monoisotopic (exact) mass is 380 g/mol. The van der Waals surface area contributed by atoms with E-state index in [9.17, 15) is 4.79 Å². The summed E-state index contributed by atoms with van der Waals surface area (Å²) in [5, 5.41) is 0. The summed E-state index contributed by atoms with van der Waals surface area (Å²) in [6.07, 6.45) is 3.45. The third-order valence-corrected chi connectivity index (χ3v) is 5.75. The van der Waals surface area contributed by atoms with Gasteiger partial charge in [-0.1, -0.05) is 30.3 Å². The van der Waals surface area contributed by atoms with Gasteiger partial charge in [-0.15, -0.1) is 0 Å². The number of nitrogens with zero attached hydrogens (tertiary/aromatic N) is 2. The van der Waals surface area contributed by atoms with Gasteiger partial charge in [-0.2, -0.15) is 0 Å². The first kappa shape index (κ1) is 18.8. The zero-order valence-corrected chi connectivity index (χ0v) is 16.6. The van der Waals surface area contributed by atoms with Crippen LogP contribution in [0.3, 0.4) is 0 Å². The predicted molar refractivity (Wildman–Crippen MR) is 109 cm³/mol. The standard InChI is InChI=1S/C23H28N2O3/c1-27-21-13-18(14-22(15-21)28-2)23(26)25-11-10-24(19-8-9-19)16-20(25)12-17-6-4-3-5-7-17/h3-7,13-15,19-20H,8-12,16H2,1-2H3. The fourth-order valence-electron chi connectivity index (χ4n) is 4.08. The SMILES string of the molecule is COc1cc(OC)cc(C(=O)N2CCN(C3CC3)CC2Cc2ccccc2)c1. The Balaban J connectivity index is 1.58. The van der Waals surface area contributed by atoms with Crippen LogP contribution in [0.4, 0.5) is 0 Å². The first-order valence-electron chi connectivity index (χ1n) is 10.00. The second kappa shape index (κ2) is 8.23. The van der Waals surface area contributed by atoms with E-state index in [2.05, 4.69) is 29.2 Å². The van der Waals surface area contributed by atoms with Crippen LogP contribution in [0.1, 0.15) is 28.8 Å². The van der Waals surface area contributed by atoms with Crippen LogP contribution < -0.4 is 9.47 Å². The zero-order valence-electron chi connectivity index (χ0n) is 16.6. The molecule has 1 heterocycles. The molecule has 1 aliphatic carbocycles. The molecule has 2 fully saturated rings. The summed E-state index contributed by atoms with van der Waals surface area (Å²) in [7, 11) is 3.21. The molecular formula is C23H28N2O3. The highest BCUT2D eigenvalue weighted by atomic mass is 16.5. The maximum Gasteiger partial charge on any atom is 0.254 e. The Morgan fingerprint density at radius 2 is 1.68 bits per heavy atom. The van der Waals surface area contributed by atoms with Gasteiger partial charge in [0.05, 0.1) is 14.2 Å². The molecule has 1 saturated carbocycles. The molecule has 2 aliphatic rings. The van der Waals surface area contributed by atoms with E-state index in [0.29, 0.717) is 23.1 Å². The third-order valence-electron chi connectivity index (χ3n) is 5.75. The second-order valence-corrected chi connectivity index (χ2v) is 7.67. The molecule has 0 bridgehead atoms. The largest absolute Gasteiger partial charge is 0.497 e. The van der Waals surface area contributed by atoms with Crippen LogP contribution in [0, 0.1) is 0 Å². The second-order valence-electron chi connectivity index (χ2n) is 7.67. The number of hydrogen-bond donors (Lipinski definition) is 0. The normalized spacial score (nSPS) is 20.1. The van der Waals surface area contributed by atoms with Gasteiger partial charge in [0.25, 0.3) is 5.91 Å². The number of methoxy groups -OCH3 is 2. The lowest BCUT2D eigenvalue weighted by Gasteiger charge is -2.42. The Labute approximate surface area is 166 Å². The highest BCUT2D eigenvalue weighted by molar-refractivity contribution is 5.95. The number of piperazine rings is 1. The summed E-state index contributed by atoms with van der Waals surface area (Å²) < 4.78 is 10.7. The fraction of sp³-hybridized carbons (Fsp3) is 0.435. The molecule has 5 nitrogen and oxygen atoms in total. The summed E-state index contributed by atoms with van der Waals surface area (Å²) >= 11 is 0. The lowest BCUT2D eigenvalue weighted by molar-refractivity contribution is 0.0436. The average Bonchev–Trinajstić information content (AvgIpc) is 3.59. The molecule has 5 heteroatoms. The first-order valence-corrected chi connectivity index (χ1v) is 10.00. The van der Waals surface area contributed by atoms with Crippen molar-refractivity contribution < 1.29 is 14.3 Å². The topological polar surface area (TPSA) is 42.0 Å². The number of rotatable bonds is 6. The summed E-state index contributed by atoms with van der Waals surface area (Å²) in [4.78, 5) is 18.0. The molecule has 1 amide bonds. The number of amides is 1. The fourth-order valence-corrected chi connectivity index (χ4v) is 4.08. The van der Waals surface area contributed by atoms with Crippen molar-refractivity contribution >= 4 is 5.91 Å². The van der Waals surface area contributed by atoms with Crippen LogP contribution in [0.2, 0.25) is 0 Å². The summed E-state index contributed by atoms with van der Waals surface area (Å²) in [5.74, 6) is 1.33. The molecular weight excluding hydrogens is 352 g/mol. The average molecular weight is 380 g/mol. The lowest BCUT2D eigenvalue weighted by Crippen LogP contribution is -2.56. The van der Waals surface area contributed by atoms with Gasteiger partial charge >= 0.3 is 0 Å². The Kier molecular flexibility index (Phi) is 5.53. The van der Waals surface area contributed by atoms with E-state index in [1.807, 2.05) is 11.0 Å². The molecule has 1 atom stereocenters. The lowest BCUT2D eigenvalue weighted by atomic mass is 10.0. The number of carbonyl (C=O) groups excluding carboxylic acids is 1. The molecule has 0 radical (unpaired) electrons. The van der Waals surface area contributed by atoms with E-state index >= 15 is 0 Å². The van der Waals surface area contributed by atoms with Crippen molar-refractivity contribution in [3.8, 4) is 11.5 Å². The first-order chi connectivity index (χ1) is 13.7. The highest BCUT2D eigenvalue weighted by Gasteiger charge is 2.37. The van der Waals surface area contributed by atoms with Crippen molar-refractivity contribution in [1.29, 1.82) is 0 Å². The quantitative estimate of drug-likeness (QED) is 0.772. The maximum atomic E-state index is 13.4. The maximum absolute atomic E-state index is 13.4. The molecule has 1 saturated heterocycles. The molecule has 0 N–H and O–H groups in total. The zero-order chi connectivity index (χ0) is 19.5.